The van der Waals surface area contributed by atoms with E-state index in [2.05, 4.69) is 9.97 Å². The van der Waals surface area contributed by atoms with E-state index in [1.165, 1.54) is 6.20 Å². The monoisotopic (exact) mass is 137 g/mol. The topological polar surface area (TPSA) is 68.9 Å². The van der Waals surface area contributed by atoms with Crippen molar-refractivity contribution in [3.05, 3.63) is 23.8 Å². The second-order valence-corrected chi connectivity index (χ2v) is 1.89. The van der Waals surface area contributed by atoms with Crippen molar-refractivity contribution in [2.45, 2.75) is 6.92 Å². The number of rotatable bonds is 1. The van der Waals surface area contributed by atoms with E-state index >= 15 is 0 Å². The van der Waals surface area contributed by atoms with Gasteiger partial charge in [0, 0.05) is 11.9 Å². The Morgan fingerprint density at radius 3 is 2.80 bits per heavy atom. The maximum atomic E-state index is 10.5. The van der Waals surface area contributed by atoms with E-state index < -0.39 is 5.91 Å². The molecule has 1 rings (SSSR count). The number of aryl methyl sites for hydroxylation is 1. The summed E-state index contributed by atoms with van der Waals surface area (Å²) in [5.41, 5.74) is 5.66. The third kappa shape index (κ3) is 1.28. The van der Waals surface area contributed by atoms with Crippen molar-refractivity contribution in [3.8, 4) is 0 Å². The molecule has 4 nitrogen and oxygen atoms in total. The molecule has 0 fully saturated rings. The molecule has 1 heterocycles. The predicted molar refractivity (Wildman–Crippen MR) is 35.3 cm³/mol. The number of carbonyl (C=O) groups is 1. The Morgan fingerprint density at radius 1 is 1.70 bits per heavy atom. The third-order valence-corrected chi connectivity index (χ3v) is 1.02. The van der Waals surface area contributed by atoms with Crippen LogP contribution in [0.5, 0.6) is 0 Å². The van der Waals surface area contributed by atoms with Crippen molar-refractivity contribution in [2.24, 2.45) is 5.73 Å². The minimum Gasteiger partial charge on any atom is -0.363 e. The molecule has 4 heteroatoms. The number of nitrogens with zero attached hydrogens (tertiary/aromatic N) is 2. The van der Waals surface area contributed by atoms with E-state index in [0.29, 0.717) is 0 Å². The SMILES string of the molecule is Cc1ccnc(C(N)=O)n1. The molecule has 2 N–H and O–H groups in total. The van der Waals surface area contributed by atoms with Crippen molar-refractivity contribution >= 4 is 5.91 Å². The first-order chi connectivity index (χ1) is 4.70. The van der Waals surface area contributed by atoms with Crippen LogP contribution in [0.1, 0.15) is 16.3 Å². The molecule has 52 valence electrons. The molecule has 0 unspecified atom stereocenters. The summed E-state index contributed by atoms with van der Waals surface area (Å²) in [5.74, 6) is -0.524. The Bertz CT molecular complexity index is 259. The Morgan fingerprint density at radius 2 is 2.40 bits per heavy atom. The summed E-state index contributed by atoms with van der Waals surface area (Å²) in [6.45, 7) is 1.77. The van der Waals surface area contributed by atoms with E-state index in [1.807, 2.05) is 0 Å². The average Bonchev–Trinajstić information content (AvgIpc) is 1.88. The number of amides is 1. The van der Waals surface area contributed by atoms with Crippen LogP contribution >= 0.6 is 0 Å². The van der Waals surface area contributed by atoms with Crippen molar-refractivity contribution in [1.82, 2.24) is 9.97 Å². The first-order valence-corrected chi connectivity index (χ1v) is 2.79. The second-order valence-electron chi connectivity index (χ2n) is 1.89. The van der Waals surface area contributed by atoms with Gasteiger partial charge in [-0.25, -0.2) is 9.97 Å². The zero-order valence-corrected chi connectivity index (χ0v) is 5.53. The maximum Gasteiger partial charge on any atom is 0.286 e. The molecule has 0 radical (unpaired) electrons. The van der Waals surface area contributed by atoms with Gasteiger partial charge in [-0.2, -0.15) is 0 Å². The van der Waals surface area contributed by atoms with Crippen LogP contribution in [-0.4, -0.2) is 15.9 Å². The lowest BCUT2D eigenvalue weighted by Crippen LogP contribution is -2.15. The molecule has 0 aliphatic carbocycles. The van der Waals surface area contributed by atoms with Gasteiger partial charge >= 0.3 is 0 Å². The van der Waals surface area contributed by atoms with Gasteiger partial charge in [-0.05, 0) is 13.0 Å². The zero-order valence-electron chi connectivity index (χ0n) is 5.53. The molecule has 0 aliphatic rings. The average molecular weight is 137 g/mol. The smallest absolute Gasteiger partial charge is 0.286 e. The number of carbonyl (C=O) groups excluding carboxylic acids is 1. The zero-order chi connectivity index (χ0) is 7.56. The third-order valence-electron chi connectivity index (χ3n) is 1.02. The Labute approximate surface area is 58.1 Å². The Kier molecular flexibility index (Phi) is 1.62. The minimum atomic E-state index is -0.594. The number of hydrogen-bond acceptors (Lipinski definition) is 3. The molecular weight excluding hydrogens is 130 g/mol. The highest BCUT2D eigenvalue weighted by atomic mass is 16.1. The summed E-state index contributed by atoms with van der Waals surface area (Å²) in [4.78, 5) is 17.9. The van der Waals surface area contributed by atoms with Crippen LogP contribution < -0.4 is 5.73 Å². The van der Waals surface area contributed by atoms with Gasteiger partial charge < -0.3 is 5.73 Å². The van der Waals surface area contributed by atoms with E-state index in [9.17, 15) is 4.79 Å². The van der Waals surface area contributed by atoms with E-state index in [1.54, 1.807) is 13.0 Å². The van der Waals surface area contributed by atoms with Gasteiger partial charge in [0.1, 0.15) is 0 Å². The van der Waals surface area contributed by atoms with Gasteiger partial charge in [-0.1, -0.05) is 0 Å². The summed E-state index contributed by atoms with van der Waals surface area (Å²) in [6.07, 6.45) is 1.50. The van der Waals surface area contributed by atoms with E-state index in [-0.39, 0.29) is 5.82 Å². The van der Waals surface area contributed by atoms with Crippen LogP contribution in [0.25, 0.3) is 0 Å². The fraction of sp³-hybridized carbons (Fsp3) is 0.167. The fourth-order valence-corrected chi connectivity index (χ4v) is 0.568. The Balaban J connectivity index is 3.07. The van der Waals surface area contributed by atoms with Crippen LogP contribution in [-0.2, 0) is 0 Å². The van der Waals surface area contributed by atoms with Crippen molar-refractivity contribution in [3.63, 3.8) is 0 Å². The lowest BCUT2D eigenvalue weighted by Gasteiger charge is -1.92. The molecule has 0 atom stereocenters. The molecule has 0 saturated heterocycles. The standard InChI is InChI=1S/C6H7N3O/c1-4-2-3-8-6(9-4)5(7)10/h2-3H,1H3,(H2,7,10). The van der Waals surface area contributed by atoms with Gasteiger partial charge in [-0.3, -0.25) is 4.79 Å². The summed E-state index contributed by atoms with van der Waals surface area (Å²) < 4.78 is 0. The Hall–Kier alpha value is -1.45. The first-order valence-electron chi connectivity index (χ1n) is 2.79. The highest BCUT2D eigenvalue weighted by molar-refractivity contribution is 5.88. The molecule has 0 aliphatic heterocycles. The van der Waals surface area contributed by atoms with Crippen LogP contribution in [0.3, 0.4) is 0 Å². The number of nitrogens with two attached hydrogens (primary N) is 1. The summed E-state index contributed by atoms with van der Waals surface area (Å²) >= 11 is 0. The summed E-state index contributed by atoms with van der Waals surface area (Å²) in [6, 6.07) is 1.70. The lowest BCUT2D eigenvalue weighted by molar-refractivity contribution is 0.0990. The quantitative estimate of drug-likeness (QED) is 0.586. The van der Waals surface area contributed by atoms with E-state index in [4.69, 9.17) is 5.73 Å². The van der Waals surface area contributed by atoms with Gasteiger partial charge in [0.15, 0.2) is 0 Å². The summed E-state index contributed by atoms with van der Waals surface area (Å²) in [7, 11) is 0. The summed E-state index contributed by atoms with van der Waals surface area (Å²) in [5, 5.41) is 0. The van der Waals surface area contributed by atoms with Crippen LogP contribution in [0.15, 0.2) is 12.3 Å². The molecule has 1 aromatic heterocycles. The van der Waals surface area contributed by atoms with Crippen molar-refractivity contribution in [2.75, 3.05) is 0 Å². The van der Waals surface area contributed by atoms with Crippen LogP contribution in [0, 0.1) is 6.92 Å². The predicted octanol–water partition coefficient (Wildman–Crippen LogP) is -0.116. The molecule has 0 aromatic carbocycles. The highest BCUT2D eigenvalue weighted by Gasteiger charge is 2.01. The number of aromatic nitrogens is 2. The molecule has 0 bridgehead atoms. The first kappa shape index (κ1) is 6.67. The lowest BCUT2D eigenvalue weighted by atomic mass is 10.4. The van der Waals surface area contributed by atoms with Gasteiger partial charge in [0.25, 0.3) is 5.91 Å². The van der Waals surface area contributed by atoms with Crippen LogP contribution in [0.2, 0.25) is 0 Å². The molecule has 1 aromatic rings. The second kappa shape index (κ2) is 2.43. The molecule has 0 spiro atoms. The van der Waals surface area contributed by atoms with E-state index in [0.717, 1.165) is 5.69 Å². The van der Waals surface area contributed by atoms with Gasteiger partial charge in [0.2, 0.25) is 5.82 Å². The van der Waals surface area contributed by atoms with Crippen molar-refractivity contribution in [1.29, 1.82) is 0 Å². The van der Waals surface area contributed by atoms with Gasteiger partial charge in [0.05, 0.1) is 0 Å². The largest absolute Gasteiger partial charge is 0.363 e. The normalized spacial score (nSPS) is 9.30. The van der Waals surface area contributed by atoms with Crippen molar-refractivity contribution < 1.29 is 4.79 Å². The highest BCUT2D eigenvalue weighted by Crippen LogP contribution is 1.90. The maximum absolute atomic E-state index is 10.5. The number of hydrogen-bond donors (Lipinski definition) is 1. The minimum absolute atomic E-state index is 0.0694. The molecular formula is C6H7N3O. The molecule has 1 amide bonds. The van der Waals surface area contributed by atoms with Gasteiger partial charge in [-0.15, -0.1) is 0 Å². The van der Waals surface area contributed by atoms with Crippen LogP contribution in [0.4, 0.5) is 0 Å². The molecule has 0 saturated carbocycles. The number of primary amides is 1. The fourth-order valence-electron chi connectivity index (χ4n) is 0.568. The molecule has 10 heavy (non-hydrogen) atoms.